The van der Waals surface area contributed by atoms with Crippen molar-refractivity contribution in [3.8, 4) is 0 Å². The maximum Gasteiger partial charge on any atom is 0.220 e. The first kappa shape index (κ1) is 16.7. The molecule has 1 aromatic rings. The van der Waals surface area contributed by atoms with Gasteiger partial charge in [0.15, 0.2) is 5.78 Å². The van der Waals surface area contributed by atoms with Crippen molar-refractivity contribution in [2.24, 2.45) is 0 Å². The highest BCUT2D eigenvalue weighted by molar-refractivity contribution is 7.12. The van der Waals surface area contributed by atoms with E-state index in [1.165, 1.54) is 25.8 Å². The number of piperidine rings is 1. The van der Waals surface area contributed by atoms with Gasteiger partial charge in [-0.15, -0.1) is 11.3 Å². The van der Waals surface area contributed by atoms with Gasteiger partial charge in [0.1, 0.15) is 0 Å². The lowest BCUT2D eigenvalue weighted by molar-refractivity contribution is -0.122. The topological polar surface area (TPSA) is 49.4 Å². The number of fused-ring (bicyclic) bond motifs is 1. The van der Waals surface area contributed by atoms with E-state index in [-0.39, 0.29) is 17.7 Å². The van der Waals surface area contributed by atoms with Crippen LogP contribution in [0.4, 0.5) is 0 Å². The Kier molecular flexibility index (Phi) is 5.17. The van der Waals surface area contributed by atoms with Gasteiger partial charge in [-0.3, -0.25) is 14.5 Å². The van der Waals surface area contributed by atoms with Gasteiger partial charge >= 0.3 is 0 Å². The molecular weight excluding hydrogens is 308 g/mol. The Morgan fingerprint density at radius 1 is 1.22 bits per heavy atom. The number of nitrogens with one attached hydrogen (secondary N) is 1. The van der Waals surface area contributed by atoms with Crippen LogP contribution in [-0.4, -0.2) is 41.8 Å². The molecule has 2 aliphatic rings. The fourth-order valence-corrected chi connectivity index (χ4v) is 4.91. The number of thiophene rings is 1. The molecule has 0 bridgehead atoms. The average Bonchev–Trinajstić information content (AvgIpc) is 3.08. The van der Waals surface area contributed by atoms with Crippen LogP contribution in [0.15, 0.2) is 6.07 Å². The van der Waals surface area contributed by atoms with Gasteiger partial charge < -0.3 is 5.32 Å². The second kappa shape index (κ2) is 7.14. The molecule has 5 heteroatoms. The summed E-state index contributed by atoms with van der Waals surface area (Å²) in [5, 5.41) is 3.17. The minimum absolute atomic E-state index is 0.0281. The smallest absolute Gasteiger partial charge is 0.220 e. The highest BCUT2D eigenvalue weighted by Gasteiger charge is 2.36. The molecule has 1 N–H and O–H groups in total. The summed E-state index contributed by atoms with van der Waals surface area (Å²) in [6.07, 6.45) is 5.40. The van der Waals surface area contributed by atoms with Crippen LogP contribution >= 0.6 is 11.3 Å². The molecule has 2 fully saturated rings. The molecule has 3 heterocycles. The van der Waals surface area contributed by atoms with Gasteiger partial charge in [-0.2, -0.15) is 0 Å². The molecule has 0 aromatic carbocycles. The summed E-state index contributed by atoms with van der Waals surface area (Å²) in [5.41, 5.74) is 0.791. The molecule has 2 aliphatic heterocycles. The van der Waals surface area contributed by atoms with Crippen LogP contribution in [0.25, 0.3) is 0 Å². The van der Waals surface area contributed by atoms with Crippen LogP contribution in [0.1, 0.15) is 58.6 Å². The normalized spacial score (nSPS) is 24.4. The third-order valence-corrected chi connectivity index (χ3v) is 6.09. The van der Waals surface area contributed by atoms with Crippen molar-refractivity contribution >= 4 is 23.0 Å². The molecule has 1 amide bonds. The first-order valence-corrected chi connectivity index (χ1v) is 9.50. The number of rotatable bonds is 5. The first-order valence-electron chi connectivity index (χ1n) is 8.68. The number of amides is 1. The van der Waals surface area contributed by atoms with Crippen LogP contribution in [-0.2, 0) is 4.79 Å². The van der Waals surface area contributed by atoms with Gasteiger partial charge in [0.05, 0.1) is 0 Å². The van der Waals surface area contributed by atoms with Gasteiger partial charge in [-0.05, 0) is 45.7 Å². The van der Waals surface area contributed by atoms with E-state index >= 15 is 0 Å². The number of carbonyl (C=O) groups is 2. The third kappa shape index (κ3) is 3.83. The van der Waals surface area contributed by atoms with E-state index in [1.54, 1.807) is 11.3 Å². The second-order valence-corrected chi connectivity index (χ2v) is 8.27. The Morgan fingerprint density at radius 2 is 2.04 bits per heavy atom. The van der Waals surface area contributed by atoms with Crippen molar-refractivity contribution in [1.82, 2.24) is 10.2 Å². The zero-order valence-electron chi connectivity index (χ0n) is 14.1. The largest absolute Gasteiger partial charge is 0.352 e. The first-order chi connectivity index (χ1) is 11.0. The maximum atomic E-state index is 12.3. The summed E-state index contributed by atoms with van der Waals surface area (Å²) >= 11 is 1.64. The molecule has 4 nitrogen and oxygen atoms in total. The number of carbonyl (C=O) groups excluding carboxylic acids is 2. The lowest BCUT2D eigenvalue weighted by atomic mass is 9.99. The molecule has 0 radical (unpaired) electrons. The van der Waals surface area contributed by atoms with Crippen molar-refractivity contribution in [3.63, 3.8) is 0 Å². The lowest BCUT2D eigenvalue weighted by Crippen LogP contribution is -2.46. The zero-order valence-corrected chi connectivity index (χ0v) is 14.9. The molecule has 2 saturated heterocycles. The predicted octanol–water partition coefficient (Wildman–Crippen LogP) is 3.07. The molecular formula is C18H26N2O2S. The standard InChI is InChI=1S/C18H26N2O2S/c1-12-11-14(13(2)23-12)17(21)6-7-18(22)19-15-8-10-20-9-4-3-5-16(15)20/h11,15-16H,3-10H2,1-2H3,(H,19,22)/t15-,16+/m1/s1. The summed E-state index contributed by atoms with van der Waals surface area (Å²) in [6.45, 7) is 6.26. The van der Waals surface area contributed by atoms with Crippen molar-refractivity contribution in [2.45, 2.75) is 64.5 Å². The summed E-state index contributed by atoms with van der Waals surface area (Å²) in [7, 11) is 0. The van der Waals surface area contributed by atoms with E-state index in [9.17, 15) is 9.59 Å². The number of Topliss-reactive ketones (excluding diaryl/α,β-unsaturated/α-hetero) is 1. The van der Waals surface area contributed by atoms with Gasteiger partial charge in [-0.25, -0.2) is 0 Å². The number of hydrogen-bond acceptors (Lipinski definition) is 4. The molecule has 0 spiro atoms. The van der Waals surface area contributed by atoms with Crippen LogP contribution in [0.5, 0.6) is 0 Å². The summed E-state index contributed by atoms with van der Waals surface area (Å²) in [4.78, 5) is 29.2. The summed E-state index contributed by atoms with van der Waals surface area (Å²) in [5.74, 6) is 0.119. The van der Waals surface area contributed by atoms with Crippen molar-refractivity contribution in [1.29, 1.82) is 0 Å². The van der Waals surface area contributed by atoms with Gasteiger partial charge in [-0.1, -0.05) is 6.42 Å². The van der Waals surface area contributed by atoms with E-state index < -0.39 is 0 Å². The number of nitrogens with zero attached hydrogens (tertiary/aromatic N) is 1. The van der Waals surface area contributed by atoms with E-state index in [1.807, 2.05) is 19.9 Å². The van der Waals surface area contributed by atoms with Crippen LogP contribution < -0.4 is 5.32 Å². The average molecular weight is 334 g/mol. The summed E-state index contributed by atoms with van der Waals surface area (Å²) in [6, 6.07) is 2.74. The van der Waals surface area contributed by atoms with E-state index in [2.05, 4.69) is 10.2 Å². The quantitative estimate of drug-likeness (QED) is 0.842. The Bertz CT molecular complexity index is 596. The Balaban J connectivity index is 1.48. The zero-order chi connectivity index (χ0) is 16.4. The lowest BCUT2D eigenvalue weighted by Gasteiger charge is -2.32. The highest BCUT2D eigenvalue weighted by Crippen LogP contribution is 2.27. The van der Waals surface area contributed by atoms with Crippen LogP contribution in [0, 0.1) is 13.8 Å². The molecule has 0 aliphatic carbocycles. The molecule has 126 valence electrons. The van der Waals surface area contributed by atoms with Crippen molar-refractivity contribution in [3.05, 3.63) is 21.4 Å². The molecule has 3 rings (SSSR count). The second-order valence-electron chi connectivity index (χ2n) is 6.81. The molecule has 23 heavy (non-hydrogen) atoms. The van der Waals surface area contributed by atoms with E-state index in [0.29, 0.717) is 18.9 Å². The Labute approximate surface area is 142 Å². The van der Waals surface area contributed by atoms with E-state index in [0.717, 1.165) is 28.3 Å². The maximum absolute atomic E-state index is 12.3. The minimum atomic E-state index is 0.0281. The number of hydrogen-bond donors (Lipinski definition) is 1. The monoisotopic (exact) mass is 334 g/mol. The predicted molar refractivity (Wildman–Crippen MR) is 93.1 cm³/mol. The van der Waals surface area contributed by atoms with Gasteiger partial charge in [0, 0.05) is 46.8 Å². The fraction of sp³-hybridized carbons (Fsp3) is 0.667. The molecule has 1 aromatic heterocycles. The minimum Gasteiger partial charge on any atom is -0.352 e. The Morgan fingerprint density at radius 3 is 2.78 bits per heavy atom. The fourth-order valence-electron chi connectivity index (χ4n) is 3.96. The molecule has 0 unspecified atom stereocenters. The number of aryl methyl sites for hydroxylation is 2. The van der Waals surface area contributed by atoms with Crippen LogP contribution in [0.2, 0.25) is 0 Å². The van der Waals surface area contributed by atoms with E-state index in [4.69, 9.17) is 0 Å². The highest BCUT2D eigenvalue weighted by atomic mass is 32.1. The van der Waals surface area contributed by atoms with Crippen molar-refractivity contribution < 1.29 is 9.59 Å². The molecule has 0 saturated carbocycles. The van der Waals surface area contributed by atoms with Crippen LogP contribution in [0.3, 0.4) is 0 Å². The summed E-state index contributed by atoms with van der Waals surface area (Å²) < 4.78 is 0. The Hall–Kier alpha value is -1.20. The van der Waals surface area contributed by atoms with Gasteiger partial charge in [0.2, 0.25) is 5.91 Å². The van der Waals surface area contributed by atoms with Crippen molar-refractivity contribution in [2.75, 3.05) is 13.1 Å². The molecule has 2 atom stereocenters. The van der Waals surface area contributed by atoms with Gasteiger partial charge in [0.25, 0.3) is 0 Å². The number of ketones is 1. The third-order valence-electron chi connectivity index (χ3n) is 5.12. The SMILES string of the molecule is Cc1cc(C(=O)CCC(=O)N[C@@H]2CCN3CCCC[C@@H]23)c(C)s1.